The number of aromatic nitrogens is 1. The molecule has 35 heavy (non-hydrogen) atoms. The number of nitrogens with zero attached hydrogens (tertiary/aromatic N) is 2. The van der Waals surface area contributed by atoms with Crippen molar-refractivity contribution in [3.05, 3.63) is 106 Å². The summed E-state index contributed by atoms with van der Waals surface area (Å²) < 4.78 is 0. The van der Waals surface area contributed by atoms with Crippen LogP contribution in [-0.4, -0.2) is 35.1 Å². The molecule has 1 unspecified atom stereocenters. The number of thiazole rings is 1. The first-order chi connectivity index (χ1) is 16.9. The number of hydrogen-bond donors (Lipinski definition) is 2. The van der Waals surface area contributed by atoms with E-state index in [1.165, 1.54) is 0 Å². The number of amides is 1. The molecule has 0 saturated heterocycles. The van der Waals surface area contributed by atoms with Gasteiger partial charge < -0.3 is 15.3 Å². The molecule has 178 valence electrons. The van der Waals surface area contributed by atoms with Gasteiger partial charge in [0.05, 0.1) is 5.69 Å². The number of carboxylic acid groups (broad SMARTS) is 1. The molecule has 1 amide bonds. The van der Waals surface area contributed by atoms with Gasteiger partial charge in [0, 0.05) is 36.0 Å². The molecule has 0 bridgehead atoms. The maximum atomic E-state index is 12.7. The quantitative estimate of drug-likeness (QED) is 0.341. The lowest BCUT2D eigenvalue weighted by Gasteiger charge is -2.17. The predicted octanol–water partition coefficient (Wildman–Crippen LogP) is 5.18. The molecular weight excluding hydrogens is 458 g/mol. The van der Waals surface area contributed by atoms with Crippen molar-refractivity contribution < 1.29 is 14.7 Å². The lowest BCUT2D eigenvalue weighted by Crippen LogP contribution is -2.42. The normalized spacial score (nSPS) is 11.6. The number of hydrogen-bond acceptors (Lipinski definition) is 5. The molecule has 6 nitrogen and oxygen atoms in total. The molecule has 0 aliphatic carbocycles. The standard InChI is InChI=1S/C28H27N3O3S/c1-19-25(22-11-7-4-8-12-22)30-28(35-19)31(2)18-21-13-15-23(16-14-21)26(32)29-24(27(33)34)17-20-9-5-3-6-10-20/h3-16,24H,17-18H2,1-2H3,(H,29,32)(H,33,34). The zero-order valence-electron chi connectivity index (χ0n) is 19.6. The van der Waals surface area contributed by atoms with Crippen molar-refractivity contribution in [3.63, 3.8) is 0 Å². The van der Waals surface area contributed by atoms with Gasteiger partial charge in [-0.3, -0.25) is 4.79 Å². The summed E-state index contributed by atoms with van der Waals surface area (Å²) in [6.45, 7) is 2.71. The van der Waals surface area contributed by atoms with Gasteiger partial charge in [0.1, 0.15) is 6.04 Å². The van der Waals surface area contributed by atoms with Crippen LogP contribution in [0.1, 0.15) is 26.4 Å². The minimum Gasteiger partial charge on any atom is -0.480 e. The number of nitrogens with one attached hydrogen (secondary N) is 1. The van der Waals surface area contributed by atoms with Crippen molar-refractivity contribution in [2.75, 3.05) is 11.9 Å². The Morgan fingerprint density at radius 1 is 0.943 bits per heavy atom. The van der Waals surface area contributed by atoms with Crippen molar-refractivity contribution >= 4 is 28.3 Å². The van der Waals surface area contributed by atoms with E-state index in [9.17, 15) is 14.7 Å². The fourth-order valence-electron chi connectivity index (χ4n) is 3.80. The van der Waals surface area contributed by atoms with E-state index in [1.54, 1.807) is 23.5 Å². The van der Waals surface area contributed by atoms with Gasteiger partial charge in [-0.25, -0.2) is 9.78 Å². The molecule has 0 fully saturated rings. The first-order valence-corrected chi connectivity index (χ1v) is 12.1. The number of carbonyl (C=O) groups excluding carboxylic acids is 1. The number of aryl methyl sites for hydroxylation is 1. The third-order valence-corrected chi connectivity index (χ3v) is 6.77. The van der Waals surface area contributed by atoms with Gasteiger partial charge in [0.15, 0.2) is 5.13 Å². The van der Waals surface area contributed by atoms with E-state index in [2.05, 4.69) is 29.3 Å². The van der Waals surface area contributed by atoms with Crippen molar-refractivity contribution in [2.24, 2.45) is 0 Å². The number of carbonyl (C=O) groups is 2. The molecule has 0 aliphatic rings. The Kier molecular flexibility index (Phi) is 7.57. The van der Waals surface area contributed by atoms with Crippen molar-refractivity contribution in [1.82, 2.24) is 10.3 Å². The summed E-state index contributed by atoms with van der Waals surface area (Å²) in [5.41, 5.74) is 4.40. The zero-order valence-corrected chi connectivity index (χ0v) is 20.5. The van der Waals surface area contributed by atoms with Crippen molar-refractivity contribution in [3.8, 4) is 11.3 Å². The second-order valence-electron chi connectivity index (χ2n) is 8.37. The predicted molar refractivity (Wildman–Crippen MR) is 140 cm³/mol. The van der Waals surface area contributed by atoms with E-state index in [4.69, 9.17) is 4.98 Å². The highest BCUT2D eigenvalue weighted by Gasteiger charge is 2.21. The van der Waals surface area contributed by atoms with Crippen LogP contribution in [0.2, 0.25) is 0 Å². The third-order valence-electron chi connectivity index (χ3n) is 5.68. The van der Waals surface area contributed by atoms with Crippen LogP contribution in [0.15, 0.2) is 84.9 Å². The van der Waals surface area contributed by atoms with Gasteiger partial charge in [-0.15, -0.1) is 11.3 Å². The fourth-order valence-corrected chi connectivity index (χ4v) is 4.70. The number of aliphatic carboxylic acids is 1. The van der Waals surface area contributed by atoms with Crippen LogP contribution in [0.5, 0.6) is 0 Å². The van der Waals surface area contributed by atoms with Gasteiger partial charge in [-0.05, 0) is 30.2 Å². The van der Waals surface area contributed by atoms with E-state index >= 15 is 0 Å². The molecule has 1 atom stereocenters. The first-order valence-electron chi connectivity index (χ1n) is 11.3. The van der Waals surface area contributed by atoms with Crippen LogP contribution in [-0.2, 0) is 17.8 Å². The smallest absolute Gasteiger partial charge is 0.326 e. The van der Waals surface area contributed by atoms with E-state index < -0.39 is 17.9 Å². The molecule has 0 spiro atoms. The van der Waals surface area contributed by atoms with E-state index in [0.29, 0.717) is 12.1 Å². The summed E-state index contributed by atoms with van der Waals surface area (Å²) >= 11 is 1.65. The Bertz CT molecular complexity index is 1290. The topological polar surface area (TPSA) is 82.5 Å². The van der Waals surface area contributed by atoms with Crippen molar-refractivity contribution in [2.45, 2.75) is 25.9 Å². The van der Waals surface area contributed by atoms with Gasteiger partial charge in [0.2, 0.25) is 0 Å². The lowest BCUT2D eigenvalue weighted by molar-refractivity contribution is -0.139. The summed E-state index contributed by atoms with van der Waals surface area (Å²) in [6.07, 6.45) is 0.225. The summed E-state index contributed by atoms with van der Waals surface area (Å²) in [6, 6.07) is 25.6. The molecule has 0 aliphatic heterocycles. The molecule has 7 heteroatoms. The highest BCUT2D eigenvalue weighted by Crippen LogP contribution is 2.32. The van der Waals surface area contributed by atoms with Crippen LogP contribution in [0, 0.1) is 6.92 Å². The minimum atomic E-state index is -1.06. The van der Waals surface area contributed by atoms with Crippen LogP contribution < -0.4 is 10.2 Å². The minimum absolute atomic E-state index is 0.225. The molecule has 3 aromatic carbocycles. The average Bonchev–Trinajstić information content (AvgIpc) is 3.27. The summed E-state index contributed by atoms with van der Waals surface area (Å²) in [5, 5.41) is 13.1. The maximum Gasteiger partial charge on any atom is 0.326 e. The summed E-state index contributed by atoms with van der Waals surface area (Å²) in [7, 11) is 1.99. The molecule has 4 rings (SSSR count). The molecule has 2 N–H and O–H groups in total. The lowest BCUT2D eigenvalue weighted by atomic mass is 10.1. The number of carboxylic acids is 1. The van der Waals surface area contributed by atoms with E-state index in [-0.39, 0.29) is 6.42 Å². The monoisotopic (exact) mass is 485 g/mol. The second-order valence-corrected chi connectivity index (χ2v) is 9.56. The molecule has 0 radical (unpaired) electrons. The molecule has 4 aromatic rings. The third kappa shape index (κ3) is 6.13. The fraction of sp³-hybridized carbons (Fsp3) is 0.179. The number of rotatable bonds is 9. The Balaban J connectivity index is 1.39. The van der Waals surface area contributed by atoms with Crippen LogP contribution >= 0.6 is 11.3 Å². The van der Waals surface area contributed by atoms with Crippen LogP contribution in [0.3, 0.4) is 0 Å². The Labute approximate surface area is 208 Å². The second kappa shape index (κ2) is 11.0. The Morgan fingerprint density at radius 2 is 1.57 bits per heavy atom. The maximum absolute atomic E-state index is 12.7. The van der Waals surface area contributed by atoms with Crippen molar-refractivity contribution in [1.29, 1.82) is 0 Å². The van der Waals surface area contributed by atoms with Gasteiger partial charge in [-0.2, -0.15) is 0 Å². The van der Waals surface area contributed by atoms with Gasteiger partial charge in [0.25, 0.3) is 5.91 Å². The Hall–Kier alpha value is -3.97. The molecule has 1 heterocycles. The molecular formula is C28H27N3O3S. The summed E-state index contributed by atoms with van der Waals surface area (Å²) in [5.74, 6) is -1.47. The van der Waals surface area contributed by atoms with Crippen LogP contribution in [0.4, 0.5) is 5.13 Å². The highest BCUT2D eigenvalue weighted by atomic mass is 32.1. The average molecular weight is 486 g/mol. The van der Waals surface area contributed by atoms with Gasteiger partial charge >= 0.3 is 5.97 Å². The SMILES string of the molecule is Cc1sc(N(C)Cc2ccc(C(=O)NC(Cc3ccccc3)C(=O)O)cc2)nc1-c1ccccc1. The van der Waals surface area contributed by atoms with E-state index in [1.807, 2.05) is 67.7 Å². The largest absolute Gasteiger partial charge is 0.480 e. The first kappa shape index (κ1) is 24.2. The highest BCUT2D eigenvalue weighted by molar-refractivity contribution is 7.16. The Morgan fingerprint density at radius 3 is 2.20 bits per heavy atom. The molecule has 1 aromatic heterocycles. The number of benzene rings is 3. The van der Waals surface area contributed by atoms with E-state index in [0.717, 1.165) is 32.4 Å². The number of anilines is 1. The zero-order chi connectivity index (χ0) is 24.8. The summed E-state index contributed by atoms with van der Waals surface area (Å²) in [4.78, 5) is 32.4. The van der Waals surface area contributed by atoms with Crippen LogP contribution in [0.25, 0.3) is 11.3 Å². The van der Waals surface area contributed by atoms with Gasteiger partial charge in [-0.1, -0.05) is 72.8 Å². The molecule has 0 saturated carbocycles.